The summed E-state index contributed by atoms with van der Waals surface area (Å²) in [5.74, 6) is 3.23. The number of carbonyl (C=O) groups excluding carboxylic acids is 1. The molecule has 122 valence electrons. The maximum Gasteiger partial charge on any atom is 0.277 e. The molecule has 0 spiro atoms. The number of rotatable bonds is 7. The fraction of sp³-hybridized carbons (Fsp3) is 0.111. The SMILES string of the molecule is C#CCOc1ccccc1/C=N/NC(=O)COc1ccc(Br)cc1. The van der Waals surface area contributed by atoms with Gasteiger partial charge < -0.3 is 9.47 Å². The zero-order valence-corrected chi connectivity index (χ0v) is 14.3. The smallest absolute Gasteiger partial charge is 0.277 e. The van der Waals surface area contributed by atoms with Gasteiger partial charge in [-0.1, -0.05) is 34.0 Å². The molecule has 0 saturated heterocycles. The second-order valence-corrected chi connectivity index (χ2v) is 5.48. The minimum absolute atomic E-state index is 0.131. The highest BCUT2D eigenvalue weighted by atomic mass is 79.9. The minimum atomic E-state index is -0.365. The molecule has 0 aromatic heterocycles. The number of hydrazone groups is 1. The Morgan fingerprint density at radius 2 is 1.96 bits per heavy atom. The van der Waals surface area contributed by atoms with Crippen LogP contribution >= 0.6 is 15.9 Å². The first-order valence-corrected chi connectivity index (χ1v) is 7.84. The van der Waals surface area contributed by atoms with E-state index in [2.05, 4.69) is 32.4 Å². The zero-order valence-electron chi connectivity index (χ0n) is 12.7. The van der Waals surface area contributed by atoms with Crippen LogP contribution in [0.4, 0.5) is 0 Å². The maximum atomic E-state index is 11.7. The molecule has 0 aliphatic rings. The van der Waals surface area contributed by atoms with Gasteiger partial charge in [0.2, 0.25) is 0 Å². The Labute approximate surface area is 148 Å². The molecule has 5 nitrogen and oxygen atoms in total. The number of benzene rings is 2. The van der Waals surface area contributed by atoms with Crippen LogP contribution in [0.5, 0.6) is 11.5 Å². The molecule has 6 heteroatoms. The predicted molar refractivity (Wildman–Crippen MR) is 96.1 cm³/mol. The summed E-state index contributed by atoms with van der Waals surface area (Å²) in [6, 6.07) is 14.4. The van der Waals surface area contributed by atoms with Crippen LogP contribution in [-0.4, -0.2) is 25.3 Å². The van der Waals surface area contributed by atoms with Gasteiger partial charge in [0.1, 0.15) is 18.1 Å². The summed E-state index contributed by atoms with van der Waals surface area (Å²) in [4.78, 5) is 11.7. The monoisotopic (exact) mass is 386 g/mol. The van der Waals surface area contributed by atoms with Crippen LogP contribution in [0.25, 0.3) is 0 Å². The normalized spacial score (nSPS) is 10.2. The molecule has 0 unspecified atom stereocenters. The number of carbonyl (C=O) groups is 1. The molecular formula is C18H15BrN2O3. The molecule has 1 N–H and O–H groups in total. The van der Waals surface area contributed by atoms with Crippen LogP contribution in [0.15, 0.2) is 58.1 Å². The van der Waals surface area contributed by atoms with E-state index in [-0.39, 0.29) is 19.1 Å². The summed E-state index contributed by atoms with van der Waals surface area (Å²) < 4.78 is 11.7. The molecular weight excluding hydrogens is 372 g/mol. The molecule has 0 atom stereocenters. The summed E-state index contributed by atoms with van der Waals surface area (Å²) >= 11 is 3.33. The largest absolute Gasteiger partial charge is 0.484 e. The van der Waals surface area contributed by atoms with Gasteiger partial charge in [-0.2, -0.15) is 5.10 Å². The fourth-order valence-electron chi connectivity index (χ4n) is 1.72. The summed E-state index contributed by atoms with van der Waals surface area (Å²) in [5.41, 5.74) is 3.11. The molecule has 0 bridgehead atoms. The Morgan fingerprint density at radius 1 is 1.21 bits per heavy atom. The number of nitrogens with zero attached hydrogens (tertiary/aromatic N) is 1. The Balaban J connectivity index is 1.84. The Morgan fingerprint density at radius 3 is 2.71 bits per heavy atom. The Hall–Kier alpha value is -2.78. The van der Waals surface area contributed by atoms with Crippen molar-refractivity contribution >= 4 is 28.1 Å². The summed E-state index contributed by atoms with van der Waals surface area (Å²) in [7, 11) is 0. The minimum Gasteiger partial charge on any atom is -0.484 e. The molecule has 0 fully saturated rings. The van der Waals surface area contributed by atoms with Crippen molar-refractivity contribution in [1.82, 2.24) is 5.43 Å². The lowest BCUT2D eigenvalue weighted by Crippen LogP contribution is -2.24. The van der Waals surface area contributed by atoms with E-state index in [9.17, 15) is 4.79 Å². The number of hydrogen-bond donors (Lipinski definition) is 1. The summed E-state index contributed by atoms with van der Waals surface area (Å²) in [6.45, 7) is 0.0342. The zero-order chi connectivity index (χ0) is 17.2. The molecule has 2 aromatic rings. The predicted octanol–water partition coefficient (Wildman–Crippen LogP) is 2.99. The van der Waals surface area contributed by atoms with E-state index >= 15 is 0 Å². The van der Waals surface area contributed by atoms with Gasteiger partial charge in [0, 0.05) is 10.0 Å². The van der Waals surface area contributed by atoms with Gasteiger partial charge in [-0.3, -0.25) is 4.79 Å². The van der Waals surface area contributed by atoms with Crippen molar-refractivity contribution in [1.29, 1.82) is 0 Å². The molecule has 1 amide bonds. The second-order valence-electron chi connectivity index (χ2n) is 4.57. The lowest BCUT2D eigenvalue weighted by Gasteiger charge is -2.06. The first-order chi connectivity index (χ1) is 11.7. The van der Waals surface area contributed by atoms with Gasteiger partial charge in [-0.15, -0.1) is 6.42 Å². The number of terminal acetylenes is 1. The number of halogens is 1. The lowest BCUT2D eigenvalue weighted by atomic mass is 10.2. The van der Waals surface area contributed by atoms with E-state index in [4.69, 9.17) is 15.9 Å². The molecule has 0 aliphatic heterocycles. The van der Waals surface area contributed by atoms with E-state index in [1.54, 1.807) is 24.3 Å². The van der Waals surface area contributed by atoms with Crippen LogP contribution in [0.3, 0.4) is 0 Å². The quantitative estimate of drug-likeness (QED) is 0.452. The van der Waals surface area contributed by atoms with Crippen LogP contribution in [0.2, 0.25) is 0 Å². The second kappa shape index (κ2) is 9.38. The van der Waals surface area contributed by atoms with Crippen LogP contribution in [0.1, 0.15) is 5.56 Å². The van der Waals surface area contributed by atoms with Crippen LogP contribution in [-0.2, 0) is 4.79 Å². The summed E-state index contributed by atoms with van der Waals surface area (Å²) in [6.07, 6.45) is 6.66. The third-order valence-electron chi connectivity index (χ3n) is 2.81. The fourth-order valence-corrected chi connectivity index (χ4v) is 1.99. The van der Waals surface area contributed by atoms with Gasteiger partial charge >= 0.3 is 0 Å². The van der Waals surface area contributed by atoms with Gasteiger partial charge in [0.25, 0.3) is 5.91 Å². The van der Waals surface area contributed by atoms with Crippen LogP contribution < -0.4 is 14.9 Å². The lowest BCUT2D eigenvalue weighted by molar-refractivity contribution is -0.123. The van der Waals surface area contributed by atoms with Crippen molar-refractivity contribution in [3.63, 3.8) is 0 Å². The molecule has 2 aromatic carbocycles. The standard InChI is InChI=1S/C18H15BrN2O3/c1-2-11-23-17-6-4-3-5-14(17)12-20-21-18(22)13-24-16-9-7-15(19)8-10-16/h1,3-10,12H,11,13H2,(H,21,22)/b20-12+. The highest BCUT2D eigenvalue weighted by Crippen LogP contribution is 2.16. The van der Waals surface area contributed by atoms with E-state index in [1.807, 2.05) is 24.3 Å². The first-order valence-electron chi connectivity index (χ1n) is 7.04. The van der Waals surface area contributed by atoms with Crippen LogP contribution in [0, 0.1) is 12.3 Å². The topological polar surface area (TPSA) is 59.9 Å². The number of amides is 1. The molecule has 2 rings (SSSR count). The third-order valence-corrected chi connectivity index (χ3v) is 3.34. The molecule has 0 saturated carbocycles. The van der Waals surface area contributed by atoms with Crippen molar-refractivity contribution in [3.05, 3.63) is 58.6 Å². The first kappa shape index (κ1) is 17.6. The average molecular weight is 387 g/mol. The molecule has 0 radical (unpaired) electrons. The number of nitrogens with one attached hydrogen (secondary N) is 1. The van der Waals surface area contributed by atoms with Gasteiger partial charge in [-0.05, 0) is 36.4 Å². The van der Waals surface area contributed by atoms with Gasteiger partial charge in [0.15, 0.2) is 6.61 Å². The Bertz CT molecular complexity index is 752. The summed E-state index contributed by atoms with van der Waals surface area (Å²) in [5, 5.41) is 3.89. The molecule has 24 heavy (non-hydrogen) atoms. The van der Waals surface area contributed by atoms with Crippen molar-refractivity contribution in [2.24, 2.45) is 5.10 Å². The van der Waals surface area contributed by atoms with Gasteiger partial charge in [-0.25, -0.2) is 5.43 Å². The number of ether oxygens (including phenoxy) is 2. The van der Waals surface area contributed by atoms with E-state index in [1.165, 1.54) is 6.21 Å². The van der Waals surface area contributed by atoms with Crippen molar-refractivity contribution in [2.45, 2.75) is 0 Å². The number of hydrogen-bond acceptors (Lipinski definition) is 4. The van der Waals surface area contributed by atoms with Crippen molar-refractivity contribution in [2.75, 3.05) is 13.2 Å². The highest BCUT2D eigenvalue weighted by molar-refractivity contribution is 9.10. The van der Waals surface area contributed by atoms with E-state index < -0.39 is 0 Å². The molecule has 0 aliphatic carbocycles. The van der Waals surface area contributed by atoms with Crippen molar-refractivity contribution in [3.8, 4) is 23.8 Å². The van der Waals surface area contributed by atoms with E-state index in [0.29, 0.717) is 17.1 Å². The highest BCUT2D eigenvalue weighted by Gasteiger charge is 2.02. The average Bonchev–Trinajstić information content (AvgIpc) is 2.60. The van der Waals surface area contributed by atoms with Gasteiger partial charge in [0.05, 0.1) is 6.21 Å². The maximum absolute atomic E-state index is 11.7. The van der Waals surface area contributed by atoms with Crippen molar-refractivity contribution < 1.29 is 14.3 Å². The Kier molecular flexibility index (Phi) is 6.87. The van der Waals surface area contributed by atoms with E-state index in [0.717, 1.165) is 4.47 Å². The number of para-hydroxylation sites is 1. The third kappa shape index (κ3) is 5.78. The molecule has 0 heterocycles.